The molecule has 0 saturated heterocycles. The van der Waals surface area contributed by atoms with E-state index in [4.69, 9.17) is 9.15 Å². The van der Waals surface area contributed by atoms with E-state index in [0.29, 0.717) is 5.89 Å². The minimum atomic E-state index is -0.617. The summed E-state index contributed by atoms with van der Waals surface area (Å²) < 4.78 is 11.2. The minimum Gasteiger partial charge on any atom is -0.452 e. The summed E-state index contributed by atoms with van der Waals surface area (Å²) in [6.45, 7) is 3.74. The molecule has 0 N–H and O–H groups in total. The molecule has 1 heterocycles. The number of carbonyl (C=O) groups is 1. The normalized spacial score (nSPS) is 12.1. The fraction of sp³-hybridized carbons (Fsp3) is 0.174. The van der Waals surface area contributed by atoms with Crippen molar-refractivity contribution in [2.45, 2.75) is 26.4 Å². The van der Waals surface area contributed by atoms with Gasteiger partial charge in [0.15, 0.2) is 6.10 Å². The van der Waals surface area contributed by atoms with Crippen molar-refractivity contribution in [3.8, 4) is 11.5 Å². The van der Waals surface area contributed by atoms with Gasteiger partial charge in [0.2, 0.25) is 5.89 Å². The number of aryl methyl sites for hydroxylation is 1. The molecule has 5 heteroatoms. The highest BCUT2D eigenvalue weighted by Gasteiger charge is 2.19. The number of benzene rings is 3. The highest BCUT2D eigenvalue weighted by atomic mass is 16.6. The van der Waals surface area contributed by atoms with Gasteiger partial charge < -0.3 is 9.15 Å². The smallest absolute Gasteiger partial charge is 0.311 e. The lowest BCUT2D eigenvalue weighted by molar-refractivity contribution is -0.148. The third-order valence-corrected chi connectivity index (χ3v) is 4.61. The van der Waals surface area contributed by atoms with Gasteiger partial charge in [-0.25, -0.2) is 0 Å². The average Bonchev–Trinajstić information content (AvgIpc) is 3.19. The monoisotopic (exact) mass is 372 g/mol. The molecule has 0 aliphatic heterocycles. The van der Waals surface area contributed by atoms with E-state index in [1.165, 1.54) is 0 Å². The van der Waals surface area contributed by atoms with E-state index in [0.717, 1.165) is 27.5 Å². The molecule has 0 saturated carbocycles. The van der Waals surface area contributed by atoms with Gasteiger partial charge in [0.1, 0.15) is 0 Å². The number of hydrogen-bond donors (Lipinski definition) is 0. The molecule has 0 spiro atoms. The summed E-state index contributed by atoms with van der Waals surface area (Å²) in [5.74, 6) is 0.354. The number of aromatic nitrogens is 2. The van der Waals surface area contributed by atoms with Crippen LogP contribution < -0.4 is 0 Å². The number of esters is 1. The van der Waals surface area contributed by atoms with Crippen LogP contribution >= 0.6 is 0 Å². The Morgan fingerprint density at radius 3 is 2.57 bits per heavy atom. The topological polar surface area (TPSA) is 65.2 Å². The maximum atomic E-state index is 12.4. The first-order valence-electron chi connectivity index (χ1n) is 9.17. The van der Waals surface area contributed by atoms with Gasteiger partial charge in [0, 0.05) is 5.56 Å². The molecular formula is C23H20N2O3. The van der Waals surface area contributed by atoms with Crippen LogP contribution in [0.4, 0.5) is 0 Å². The fourth-order valence-corrected chi connectivity index (χ4v) is 3.10. The van der Waals surface area contributed by atoms with Crippen LogP contribution in [-0.4, -0.2) is 16.2 Å². The minimum absolute atomic E-state index is 0.185. The zero-order valence-electron chi connectivity index (χ0n) is 15.8. The van der Waals surface area contributed by atoms with Crippen LogP contribution in [0.3, 0.4) is 0 Å². The Hall–Kier alpha value is -3.47. The molecule has 0 amide bonds. The summed E-state index contributed by atoms with van der Waals surface area (Å²) >= 11 is 0. The van der Waals surface area contributed by atoms with Crippen molar-refractivity contribution in [3.05, 3.63) is 83.7 Å². The largest absolute Gasteiger partial charge is 0.452 e. The van der Waals surface area contributed by atoms with Gasteiger partial charge in [-0.2, -0.15) is 0 Å². The van der Waals surface area contributed by atoms with Crippen LogP contribution in [0.1, 0.15) is 30.0 Å². The maximum Gasteiger partial charge on any atom is 0.311 e. The summed E-state index contributed by atoms with van der Waals surface area (Å²) in [7, 11) is 0. The summed E-state index contributed by atoms with van der Waals surface area (Å²) in [4.78, 5) is 12.4. The quantitative estimate of drug-likeness (QED) is 0.459. The van der Waals surface area contributed by atoms with Crippen molar-refractivity contribution in [2.75, 3.05) is 0 Å². The van der Waals surface area contributed by atoms with E-state index < -0.39 is 6.10 Å². The van der Waals surface area contributed by atoms with Crippen molar-refractivity contribution in [1.29, 1.82) is 0 Å². The lowest BCUT2D eigenvalue weighted by Crippen LogP contribution is -2.12. The first-order valence-corrected chi connectivity index (χ1v) is 9.17. The second kappa shape index (κ2) is 7.64. The van der Waals surface area contributed by atoms with Crippen molar-refractivity contribution in [1.82, 2.24) is 10.2 Å². The van der Waals surface area contributed by atoms with Gasteiger partial charge in [-0.15, -0.1) is 10.2 Å². The van der Waals surface area contributed by atoms with Crippen LogP contribution in [0.15, 0.2) is 71.1 Å². The molecule has 0 aliphatic carbocycles. The lowest BCUT2D eigenvalue weighted by atomic mass is 10.0. The van der Waals surface area contributed by atoms with Gasteiger partial charge in [-0.1, -0.05) is 60.2 Å². The van der Waals surface area contributed by atoms with E-state index in [1.807, 2.05) is 73.7 Å². The predicted octanol–water partition coefficient (Wildman–Crippen LogP) is 5.05. The van der Waals surface area contributed by atoms with Gasteiger partial charge >= 0.3 is 5.97 Å². The molecule has 0 fully saturated rings. The SMILES string of the molecule is Cc1ccc(-c2nnc([C@H](C)OC(=O)Cc3cccc4ccccc34)o2)cc1. The molecule has 0 unspecified atom stereocenters. The summed E-state index contributed by atoms with van der Waals surface area (Å²) in [5, 5.41) is 10.2. The molecule has 4 rings (SSSR count). The Bertz CT molecular complexity index is 1110. The van der Waals surface area contributed by atoms with Crippen LogP contribution in [-0.2, 0) is 16.0 Å². The first-order chi connectivity index (χ1) is 13.6. The number of hydrogen-bond acceptors (Lipinski definition) is 5. The van der Waals surface area contributed by atoms with Crippen LogP contribution in [0.2, 0.25) is 0 Å². The molecule has 1 atom stereocenters. The third-order valence-electron chi connectivity index (χ3n) is 4.61. The molecule has 28 heavy (non-hydrogen) atoms. The molecule has 0 bridgehead atoms. The Balaban J connectivity index is 1.45. The van der Waals surface area contributed by atoms with E-state index in [-0.39, 0.29) is 18.3 Å². The highest BCUT2D eigenvalue weighted by molar-refractivity contribution is 5.89. The number of carbonyl (C=O) groups excluding carboxylic acids is 1. The van der Waals surface area contributed by atoms with E-state index in [9.17, 15) is 4.79 Å². The summed E-state index contributed by atoms with van der Waals surface area (Å²) in [5.41, 5.74) is 2.92. The van der Waals surface area contributed by atoms with Crippen molar-refractivity contribution in [2.24, 2.45) is 0 Å². The van der Waals surface area contributed by atoms with Crippen LogP contribution in [0.25, 0.3) is 22.2 Å². The number of nitrogens with zero attached hydrogens (tertiary/aromatic N) is 2. The standard InChI is InChI=1S/C23H20N2O3/c1-15-10-12-18(13-11-15)23-25-24-22(28-23)16(2)27-21(26)14-19-8-5-7-17-6-3-4-9-20(17)19/h3-13,16H,14H2,1-2H3/t16-/m0/s1. The average molecular weight is 372 g/mol. The molecule has 4 aromatic rings. The molecule has 140 valence electrons. The van der Waals surface area contributed by atoms with Crippen LogP contribution in [0, 0.1) is 6.92 Å². The Morgan fingerprint density at radius 2 is 1.75 bits per heavy atom. The Labute approximate surface area is 163 Å². The number of rotatable bonds is 5. The van der Waals surface area contributed by atoms with Crippen molar-refractivity contribution < 1.29 is 13.9 Å². The lowest BCUT2D eigenvalue weighted by Gasteiger charge is -2.10. The zero-order chi connectivity index (χ0) is 19.5. The second-order valence-corrected chi connectivity index (χ2v) is 6.76. The molecule has 5 nitrogen and oxygen atoms in total. The molecule has 3 aromatic carbocycles. The molecular weight excluding hydrogens is 352 g/mol. The molecule has 1 aromatic heterocycles. The van der Waals surface area contributed by atoms with E-state index in [1.54, 1.807) is 6.92 Å². The zero-order valence-corrected chi connectivity index (χ0v) is 15.8. The van der Waals surface area contributed by atoms with Gasteiger partial charge in [-0.05, 0) is 42.3 Å². The van der Waals surface area contributed by atoms with Gasteiger partial charge in [0.25, 0.3) is 5.89 Å². The van der Waals surface area contributed by atoms with Crippen molar-refractivity contribution in [3.63, 3.8) is 0 Å². The summed E-state index contributed by atoms with van der Waals surface area (Å²) in [6, 6.07) is 21.7. The maximum absolute atomic E-state index is 12.4. The van der Waals surface area contributed by atoms with Crippen molar-refractivity contribution >= 4 is 16.7 Å². The van der Waals surface area contributed by atoms with E-state index in [2.05, 4.69) is 10.2 Å². The van der Waals surface area contributed by atoms with Crippen LogP contribution in [0.5, 0.6) is 0 Å². The predicted molar refractivity (Wildman–Crippen MR) is 107 cm³/mol. The fourth-order valence-electron chi connectivity index (χ4n) is 3.10. The molecule has 0 radical (unpaired) electrons. The second-order valence-electron chi connectivity index (χ2n) is 6.76. The number of ether oxygens (including phenoxy) is 1. The highest BCUT2D eigenvalue weighted by Crippen LogP contribution is 2.24. The Morgan fingerprint density at radius 1 is 1.00 bits per heavy atom. The van der Waals surface area contributed by atoms with E-state index >= 15 is 0 Å². The van der Waals surface area contributed by atoms with Gasteiger partial charge in [0.05, 0.1) is 6.42 Å². The summed E-state index contributed by atoms with van der Waals surface area (Å²) in [6.07, 6.45) is -0.431. The molecule has 0 aliphatic rings. The third kappa shape index (κ3) is 3.78. The van der Waals surface area contributed by atoms with Gasteiger partial charge in [-0.3, -0.25) is 4.79 Å². The Kier molecular flexibility index (Phi) is 4.89. The first kappa shape index (κ1) is 17.9. The number of fused-ring (bicyclic) bond motifs is 1.